The third-order valence-electron chi connectivity index (χ3n) is 5.43. The van der Waals surface area contributed by atoms with Crippen LogP contribution in [-0.2, 0) is 23.9 Å². The molecule has 1 heterocycles. The van der Waals surface area contributed by atoms with Gasteiger partial charge in [-0.25, -0.2) is 9.18 Å². The van der Waals surface area contributed by atoms with Gasteiger partial charge < -0.3 is 13.8 Å². The Labute approximate surface area is 203 Å². The number of carbonyl (C=O) groups is 2. The molecule has 3 aromatic carbocycles. The smallest absolute Gasteiger partial charge is 0.426 e. The second-order valence-electron chi connectivity index (χ2n) is 7.82. The Hall–Kier alpha value is -3.93. The van der Waals surface area contributed by atoms with Crippen LogP contribution in [0.2, 0.25) is 0 Å². The average Bonchev–Trinajstić information content (AvgIpc) is 2.79. The minimum absolute atomic E-state index is 0.139. The van der Waals surface area contributed by atoms with Crippen molar-refractivity contribution in [1.29, 1.82) is 0 Å². The summed E-state index contributed by atoms with van der Waals surface area (Å²) in [5.41, 5.74) is -4.16. The van der Waals surface area contributed by atoms with E-state index in [1.54, 1.807) is 43.3 Å². The van der Waals surface area contributed by atoms with E-state index in [0.29, 0.717) is 16.7 Å². The predicted octanol–water partition coefficient (Wildman–Crippen LogP) is 4.72. The van der Waals surface area contributed by atoms with E-state index in [9.17, 15) is 35.6 Å². The first-order valence-electron chi connectivity index (χ1n) is 10.4. The van der Waals surface area contributed by atoms with Crippen LogP contribution in [0.4, 0.5) is 28.9 Å². The number of rotatable bonds is 5. The van der Waals surface area contributed by atoms with E-state index >= 15 is 0 Å². The van der Waals surface area contributed by atoms with Crippen LogP contribution in [0.1, 0.15) is 22.6 Å². The zero-order valence-electron chi connectivity index (χ0n) is 18.5. The summed E-state index contributed by atoms with van der Waals surface area (Å²) in [6.07, 6.45) is 0. The highest BCUT2D eigenvalue weighted by atomic mass is 32.2. The summed E-state index contributed by atoms with van der Waals surface area (Å²) in [4.78, 5) is 26.8. The second kappa shape index (κ2) is 9.26. The highest BCUT2D eigenvalue weighted by molar-refractivity contribution is 7.88. The molecule has 0 spiro atoms. The molecule has 7 nitrogen and oxygen atoms in total. The lowest BCUT2D eigenvalue weighted by Crippen LogP contribution is -2.36. The van der Waals surface area contributed by atoms with Gasteiger partial charge in [0.05, 0.1) is 0 Å². The minimum Gasteiger partial charge on any atom is -0.426 e. The maximum absolute atomic E-state index is 13.5. The largest absolute Gasteiger partial charge is 0.534 e. The van der Waals surface area contributed by atoms with Crippen molar-refractivity contribution in [1.82, 2.24) is 0 Å². The lowest BCUT2D eigenvalue weighted by molar-refractivity contribution is -0.135. The van der Waals surface area contributed by atoms with E-state index in [2.05, 4.69) is 4.18 Å². The van der Waals surface area contributed by atoms with Crippen molar-refractivity contribution in [3.63, 3.8) is 0 Å². The monoisotopic (exact) mass is 523 g/mol. The normalized spacial score (nSPS) is 13.5. The van der Waals surface area contributed by atoms with Crippen molar-refractivity contribution in [2.24, 2.45) is 0 Å². The Morgan fingerprint density at radius 1 is 0.944 bits per heavy atom. The zero-order chi connectivity index (χ0) is 26.3. The van der Waals surface area contributed by atoms with E-state index in [0.717, 1.165) is 6.07 Å². The Kier molecular flexibility index (Phi) is 6.48. The number of benzene rings is 3. The molecule has 0 amide bonds. The first kappa shape index (κ1) is 25.2. The van der Waals surface area contributed by atoms with E-state index in [1.165, 1.54) is 29.2 Å². The summed E-state index contributed by atoms with van der Waals surface area (Å²) in [5, 5.41) is 0. The molecule has 3 aromatic rings. The Morgan fingerprint density at radius 2 is 1.50 bits per heavy atom. The molecule has 4 rings (SSSR count). The second-order valence-corrected chi connectivity index (χ2v) is 9.36. The number of aryl methyl sites for hydroxylation is 1. The zero-order valence-corrected chi connectivity index (χ0v) is 19.3. The molecule has 0 bridgehead atoms. The maximum atomic E-state index is 13.5. The first-order valence-corrected chi connectivity index (χ1v) is 11.8. The molecular formula is C24H17F4NO6S. The van der Waals surface area contributed by atoms with Gasteiger partial charge in [0.2, 0.25) is 0 Å². The summed E-state index contributed by atoms with van der Waals surface area (Å²) in [6, 6.07) is 16.2. The van der Waals surface area contributed by atoms with E-state index in [-0.39, 0.29) is 17.1 Å². The number of hydrogen-bond acceptors (Lipinski definition) is 7. The first-order chi connectivity index (χ1) is 16.9. The number of para-hydroxylation sites is 2. The van der Waals surface area contributed by atoms with Gasteiger partial charge in [-0.05, 0) is 53.9 Å². The third-order valence-corrected chi connectivity index (χ3v) is 6.41. The van der Waals surface area contributed by atoms with Gasteiger partial charge in [0, 0.05) is 11.4 Å². The topological polar surface area (TPSA) is 90.0 Å². The maximum Gasteiger partial charge on any atom is 0.534 e. The fourth-order valence-electron chi connectivity index (χ4n) is 3.90. The van der Waals surface area contributed by atoms with Crippen LogP contribution >= 0.6 is 0 Å². The molecule has 0 fully saturated rings. The van der Waals surface area contributed by atoms with Crippen molar-refractivity contribution in [3.8, 4) is 5.75 Å². The summed E-state index contributed by atoms with van der Waals surface area (Å²) in [5.74, 6) is -3.75. The summed E-state index contributed by atoms with van der Waals surface area (Å²) < 4.78 is 83.4. The third kappa shape index (κ3) is 4.76. The molecule has 0 aliphatic carbocycles. The molecule has 1 aliphatic heterocycles. The predicted molar refractivity (Wildman–Crippen MR) is 120 cm³/mol. The van der Waals surface area contributed by atoms with Crippen molar-refractivity contribution in [2.75, 3.05) is 11.4 Å². The van der Waals surface area contributed by atoms with Gasteiger partial charge >= 0.3 is 27.6 Å². The molecule has 0 saturated heterocycles. The number of alkyl halides is 3. The van der Waals surface area contributed by atoms with Crippen molar-refractivity contribution < 1.29 is 44.5 Å². The van der Waals surface area contributed by atoms with E-state index in [1.807, 2.05) is 0 Å². The van der Waals surface area contributed by atoms with Crippen LogP contribution in [0, 0.1) is 12.7 Å². The van der Waals surface area contributed by atoms with Crippen LogP contribution in [0.5, 0.6) is 5.75 Å². The van der Waals surface area contributed by atoms with Gasteiger partial charge in [-0.3, -0.25) is 4.79 Å². The highest BCUT2D eigenvalue weighted by Gasteiger charge is 2.50. The SMILES string of the molecule is Cc1cc(F)ccc1OC(=O)C1c2ccccc2N(CC(=O)OS(=O)(=O)C(F)(F)F)c2ccccc21. The molecule has 12 heteroatoms. The lowest BCUT2D eigenvalue weighted by atomic mass is 9.85. The van der Waals surface area contributed by atoms with Crippen LogP contribution in [0.25, 0.3) is 0 Å². The fourth-order valence-corrected chi connectivity index (χ4v) is 4.29. The molecule has 0 atom stereocenters. The summed E-state index contributed by atoms with van der Waals surface area (Å²) in [7, 11) is -6.15. The molecule has 188 valence electrons. The van der Waals surface area contributed by atoms with Crippen molar-refractivity contribution >= 4 is 33.4 Å². The molecule has 0 radical (unpaired) electrons. The average molecular weight is 523 g/mol. The molecule has 0 saturated carbocycles. The van der Waals surface area contributed by atoms with Gasteiger partial charge in [-0.2, -0.15) is 21.6 Å². The summed E-state index contributed by atoms with van der Waals surface area (Å²) in [6.45, 7) is 0.680. The number of hydrogen-bond donors (Lipinski definition) is 0. The molecule has 36 heavy (non-hydrogen) atoms. The molecule has 0 unspecified atom stereocenters. The number of halogens is 4. The quantitative estimate of drug-likeness (QED) is 0.157. The van der Waals surface area contributed by atoms with Crippen LogP contribution in [0.15, 0.2) is 66.7 Å². The number of anilines is 2. The standard InChI is InChI=1S/C24H17F4NO6S/c1-14-12-15(25)10-11-20(14)34-23(31)22-16-6-2-4-8-18(16)29(19-9-5-3-7-17(19)22)13-21(30)35-36(32,33)24(26,27)28/h2-12,22H,13H2,1H3. The van der Waals surface area contributed by atoms with Crippen molar-refractivity contribution in [2.45, 2.75) is 18.3 Å². The van der Waals surface area contributed by atoms with Gasteiger partial charge in [0.1, 0.15) is 24.0 Å². The van der Waals surface area contributed by atoms with Gasteiger partial charge in [0.15, 0.2) is 0 Å². The van der Waals surface area contributed by atoms with Gasteiger partial charge in [0.25, 0.3) is 0 Å². The lowest BCUT2D eigenvalue weighted by Gasteiger charge is -2.36. The number of fused-ring (bicyclic) bond motifs is 2. The van der Waals surface area contributed by atoms with Crippen LogP contribution in [-0.4, -0.2) is 32.4 Å². The number of esters is 1. The van der Waals surface area contributed by atoms with Crippen LogP contribution < -0.4 is 9.64 Å². The molecule has 0 N–H and O–H groups in total. The fraction of sp³-hybridized carbons (Fsp3) is 0.167. The van der Waals surface area contributed by atoms with Crippen molar-refractivity contribution in [3.05, 3.63) is 89.2 Å². The Bertz CT molecular complexity index is 1410. The van der Waals surface area contributed by atoms with E-state index < -0.39 is 45.8 Å². The molecule has 1 aliphatic rings. The Morgan fingerprint density at radius 3 is 2.03 bits per heavy atom. The van der Waals surface area contributed by atoms with Crippen LogP contribution in [0.3, 0.4) is 0 Å². The number of carbonyl (C=O) groups excluding carboxylic acids is 2. The molecular weight excluding hydrogens is 506 g/mol. The highest BCUT2D eigenvalue weighted by Crippen LogP contribution is 2.46. The van der Waals surface area contributed by atoms with Gasteiger partial charge in [-0.15, -0.1) is 0 Å². The minimum atomic E-state index is -6.15. The van der Waals surface area contributed by atoms with Gasteiger partial charge in [-0.1, -0.05) is 36.4 Å². The van der Waals surface area contributed by atoms with E-state index in [4.69, 9.17) is 4.74 Å². The summed E-state index contributed by atoms with van der Waals surface area (Å²) >= 11 is 0. The molecule has 0 aromatic heterocycles. The number of ether oxygens (including phenoxy) is 1. The Balaban J connectivity index is 1.71. The number of nitrogens with zero attached hydrogens (tertiary/aromatic N) is 1.